The second kappa shape index (κ2) is 12.0. The van der Waals surface area contributed by atoms with Gasteiger partial charge in [0.15, 0.2) is 5.96 Å². The van der Waals surface area contributed by atoms with Gasteiger partial charge >= 0.3 is 0 Å². The molecule has 6 nitrogen and oxygen atoms in total. The van der Waals surface area contributed by atoms with Gasteiger partial charge in [0, 0.05) is 57.1 Å². The van der Waals surface area contributed by atoms with Crippen molar-refractivity contribution in [2.24, 2.45) is 4.99 Å². The number of aliphatic imine (C=N–C) groups is 1. The second-order valence-corrected chi connectivity index (χ2v) is 8.91. The van der Waals surface area contributed by atoms with E-state index in [0.29, 0.717) is 6.04 Å². The highest BCUT2D eigenvalue weighted by molar-refractivity contribution is 14.0. The van der Waals surface area contributed by atoms with E-state index in [9.17, 15) is 0 Å². The molecule has 2 aromatic heterocycles. The fourth-order valence-corrected chi connectivity index (χ4v) is 4.98. The molecule has 3 heterocycles. The molecule has 172 valence electrons. The summed E-state index contributed by atoms with van der Waals surface area (Å²) in [4.78, 5) is 12.3. The van der Waals surface area contributed by atoms with Crippen LogP contribution in [0.3, 0.4) is 0 Å². The van der Waals surface area contributed by atoms with Crippen molar-refractivity contribution in [3.8, 4) is 0 Å². The van der Waals surface area contributed by atoms with Crippen LogP contribution >= 0.6 is 24.0 Å². The lowest BCUT2D eigenvalue weighted by molar-refractivity contribution is 0.119. The quantitative estimate of drug-likeness (QED) is 0.330. The number of likely N-dealkylation sites (tertiary alicyclic amines) is 1. The molecule has 0 unspecified atom stereocenters. The number of fused-ring (bicyclic) bond motifs is 1. The van der Waals surface area contributed by atoms with Crippen LogP contribution in [0, 0.1) is 6.92 Å². The number of piperidine rings is 1. The van der Waals surface area contributed by atoms with Gasteiger partial charge in [-0.1, -0.05) is 25.3 Å². The van der Waals surface area contributed by atoms with Gasteiger partial charge in [-0.25, -0.2) is 4.98 Å². The van der Waals surface area contributed by atoms with Gasteiger partial charge in [0.1, 0.15) is 5.65 Å². The summed E-state index contributed by atoms with van der Waals surface area (Å²) < 4.78 is 2.11. The lowest BCUT2D eigenvalue weighted by Crippen LogP contribution is -2.51. The van der Waals surface area contributed by atoms with E-state index in [2.05, 4.69) is 58.3 Å². The number of nitrogens with one attached hydrogen (secondary N) is 2. The molecule has 0 bridgehead atoms. The van der Waals surface area contributed by atoms with Crippen molar-refractivity contribution in [2.45, 2.75) is 77.3 Å². The van der Waals surface area contributed by atoms with Crippen LogP contribution < -0.4 is 10.6 Å². The molecule has 2 aromatic rings. The molecule has 2 N–H and O–H groups in total. The lowest BCUT2D eigenvalue weighted by atomic mass is 9.92. The zero-order valence-electron chi connectivity index (χ0n) is 19.1. The Hall–Kier alpha value is -1.35. The third kappa shape index (κ3) is 6.57. The Labute approximate surface area is 204 Å². The first-order valence-corrected chi connectivity index (χ1v) is 11.9. The van der Waals surface area contributed by atoms with Crippen LogP contribution in [0.1, 0.15) is 63.1 Å². The SMILES string of the molecule is CCNC(=NCCc1cn2cccc(C)c2n1)NC1CCN(C2CCCCC2)CC1.I. The Morgan fingerprint density at radius 2 is 1.94 bits per heavy atom. The largest absolute Gasteiger partial charge is 0.357 e. The second-order valence-electron chi connectivity index (χ2n) is 8.91. The van der Waals surface area contributed by atoms with Crippen molar-refractivity contribution in [3.63, 3.8) is 0 Å². The third-order valence-electron chi connectivity index (χ3n) is 6.67. The highest BCUT2D eigenvalue weighted by Crippen LogP contribution is 2.25. The van der Waals surface area contributed by atoms with E-state index in [4.69, 9.17) is 9.98 Å². The summed E-state index contributed by atoms with van der Waals surface area (Å²) in [5, 5.41) is 7.12. The van der Waals surface area contributed by atoms with E-state index in [0.717, 1.165) is 42.9 Å². The van der Waals surface area contributed by atoms with E-state index in [1.807, 2.05) is 0 Å². The highest BCUT2D eigenvalue weighted by atomic mass is 127. The normalized spacial score (nSPS) is 19.4. The average Bonchev–Trinajstić information content (AvgIpc) is 3.19. The molecule has 1 aliphatic heterocycles. The first-order chi connectivity index (χ1) is 14.7. The Kier molecular flexibility index (Phi) is 9.44. The van der Waals surface area contributed by atoms with E-state index in [-0.39, 0.29) is 24.0 Å². The molecule has 0 radical (unpaired) electrons. The van der Waals surface area contributed by atoms with Gasteiger partial charge < -0.3 is 19.9 Å². The van der Waals surface area contributed by atoms with Crippen molar-refractivity contribution < 1.29 is 0 Å². The maximum Gasteiger partial charge on any atom is 0.191 e. The van der Waals surface area contributed by atoms with Crippen LogP contribution in [0.5, 0.6) is 0 Å². The van der Waals surface area contributed by atoms with Crippen LogP contribution in [0.25, 0.3) is 5.65 Å². The number of aryl methyl sites for hydroxylation is 1. The van der Waals surface area contributed by atoms with E-state index in [1.54, 1.807) is 0 Å². The highest BCUT2D eigenvalue weighted by Gasteiger charge is 2.26. The summed E-state index contributed by atoms with van der Waals surface area (Å²) >= 11 is 0. The Morgan fingerprint density at radius 3 is 2.65 bits per heavy atom. The number of nitrogens with zero attached hydrogens (tertiary/aromatic N) is 4. The van der Waals surface area contributed by atoms with Gasteiger partial charge in [0.2, 0.25) is 0 Å². The Morgan fingerprint density at radius 1 is 1.16 bits per heavy atom. The molecular formula is C24H39IN6. The third-order valence-corrected chi connectivity index (χ3v) is 6.67. The molecule has 0 spiro atoms. The minimum Gasteiger partial charge on any atom is -0.357 e. The van der Waals surface area contributed by atoms with Gasteiger partial charge in [0.05, 0.1) is 5.69 Å². The first-order valence-electron chi connectivity index (χ1n) is 11.9. The number of hydrogen-bond donors (Lipinski definition) is 2. The molecular weight excluding hydrogens is 499 g/mol. The zero-order chi connectivity index (χ0) is 20.8. The van der Waals surface area contributed by atoms with Crippen LogP contribution in [-0.2, 0) is 6.42 Å². The minimum absolute atomic E-state index is 0. The molecule has 0 atom stereocenters. The molecule has 31 heavy (non-hydrogen) atoms. The number of aromatic nitrogens is 2. The molecule has 0 aromatic carbocycles. The predicted molar refractivity (Wildman–Crippen MR) is 140 cm³/mol. The van der Waals surface area contributed by atoms with E-state index in [1.165, 1.54) is 63.6 Å². The molecule has 4 rings (SSSR count). The maximum atomic E-state index is 4.84. The zero-order valence-corrected chi connectivity index (χ0v) is 21.5. The van der Waals surface area contributed by atoms with Crippen LogP contribution in [-0.4, -0.2) is 58.5 Å². The predicted octanol–water partition coefficient (Wildman–Crippen LogP) is 4.16. The molecule has 1 saturated heterocycles. The van der Waals surface area contributed by atoms with Crippen molar-refractivity contribution in [1.82, 2.24) is 24.9 Å². The standard InChI is InChI=1S/C24H38N6.HI/c1-3-25-24(26-14-11-21-18-30-15-7-8-19(2)23(30)27-21)28-20-12-16-29(17-13-20)22-9-5-4-6-10-22;/h7-8,15,18,20,22H,3-6,9-14,16-17H2,1-2H3,(H2,25,26,28);1H. The van der Waals surface area contributed by atoms with Crippen LogP contribution in [0.2, 0.25) is 0 Å². The van der Waals surface area contributed by atoms with E-state index < -0.39 is 0 Å². The maximum absolute atomic E-state index is 4.84. The number of guanidine groups is 1. The van der Waals surface area contributed by atoms with Crippen molar-refractivity contribution in [1.29, 1.82) is 0 Å². The van der Waals surface area contributed by atoms with Gasteiger partial charge in [0.25, 0.3) is 0 Å². The van der Waals surface area contributed by atoms with Gasteiger partial charge in [-0.05, 0) is 51.2 Å². The summed E-state index contributed by atoms with van der Waals surface area (Å²) in [5.41, 5.74) is 3.36. The smallest absolute Gasteiger partial charge is 0.191 e. The molecule has 0 amide bonds. The molecule has 7 heteroatoms. The summed E-state index contributed by atoms with van der Waals surface area (Å²) in [7, 11) is 0. The van der Waals surface area contributed by atoms with Gasteiger partial charge in [-0.3, -0.25) is 4.99 Å². The molecule has 2 fully saturated rings. The topological polar surface area (TPSA) is 57.0 Å². The molecule has 2 aliphatic rings. The summed E-state index contributed by atoms with van der Waals surface area (Å²) in [6.45, 7) is 8.33. The number of rotatable bonds is 6. The van der Waals surface area contributed by atoms with E-state index >= 15 is 0 Å². The number of imidazole rings is 1. The molecule has 1 saturated carbocycles. The lowest BCUT2D eigenvalue weighted by Gasteiger charge is -2.39. The first kappa shape index (κ1) is 24.3. The monoisotopic (exact) mass is 538 g/mol. The van der Waals surface area contributed by atoms with Gasteiger partial charge in [-0.2, -0.15) is 0 Å². The Bertz CT molecular complexity index is 834. The summed E-state index contributed by atoms with van der Waals surface area (Å²) in [6, 6.07) is 5.55. The van der Waals surface area contributed by atoms with Crippen molar-refractivity contribution in [3.05, 3.63) is 35.8 Å². The average molecular weight is 539 g/mol. The molecule has 1 aliphatic carbocycles. The van der Waals surface area contributed by atoms with Crippen molar-refractivity contribution >= 4 is 35.6 Å². The number of pyridine rings is 1. The van der Waals surface area contributed by atoms with Crippen molar-refractivity contribution in [2.75, 3.05) is 26.2 Å². The summed E-state index contributed by atoms with van der Waals surface area (Å²) in [6.07, 6.45) is 14.6. The fourth-order valence-electron chi connectivity index (χ4n) is 4.98. The minimum atomic E-state index is 0. The van der Waals surface area contributed by atoms with Crippen LogP contribution in [0.15, 0.2) is 29.5 Å². The summed E-state index contributed by atoms with van der Waals surface area (Å²) in [5.74, 6) is 0.952. The number of hydrogen-bond acceptors (Lipinski definition) is 3. The van der Waals surface area contributed by atoms with Crippen LogP contribution in [0.4, 0.5) is 0 Å². The number of halogens is 1. The fraction of sp³-hybridized carbons (Fsp3) is 0.667. The van der Waals surface area contributed by atoms with Gasteiger partial charge in [-0.15, -0.1) is 24.0 Å². The Balaban J connectivity index is 0.00000272.